The van der Waals surface area contributed by atoms with Gasteiger partial charge in [0.15, 0.2) is 0 Å². The Balaban J connectivity index is 1.98. The molecule has 1 atom stereocenters. The van der Waals surface area contributed by atoms with Gasteiger partial charge in [0.25, 0.3) is 5.91 Å². The maximum Gasteiger partial charge on any atom is 0.251 e. The summed E-state index contributed by atoms with van der Waals surface area (Å²) < 4.78 is 4.87. The van der Waals surface area contributed by atoms with E-state index in [0.29, 0.717) is 25.1 Å². The van der Waals surface area contributed by atoms with E-state index in [-0.39, 0.29) is 12.8 Å². The van der Waals surface area contributed by atoms with Crippen LogP contribution in [0.4, 0.5) is 0 Å². The number of nitrogens with one attached hydrogen (secondary N) is 3. The first-order chi connectivity index (χ1) is 15.5. The number of hydroxylamine groups is 1. The van der Waals surface area contributed by atoms with Gasteiger partial charge in [-0.3, -0.25) is 19.6 Å². The molecule has 4 N–H and O–H groups in total. The molecule has 0 aliphatic rings. The molecule has 168 valence electrons. The van der Waals surface area contributed by atoms with Gasteiger partial charge < -0.3 is 15.4 Å². The first-order valence-corrected chi connectivity index (χ1v) is 10.2. The highest BCUT2D eigenvalue weighted by Gasteiger charge is 2.22. The first-order valence-electron chi connectivity index (χ1n) is 10.2. The zero-order valence-electron chi connectivity index (χ0n) is 17.9. The van der Waals surface area contributed by atoms with Gasteiger partial charge >= 0.3 is 0 Å². The third-order valence-electron chi connectivity index (χ3n) is 4.56. The Morgan fingerprint density at radius 1 is 1.06 bits per heavy atom. The number of hydrogen-bond acceptors (Lipinski definition) is 5. The van der Waals surface area contributed by atoms with Crippen LogP contribution < -0.4 is 16.1 Å². The monoisotopic (exact) mass is 437 g/mol. The van der Waals surface area contributed by atoms with E-state index < -0.39 is 23.8 Å². The predicted octanol–water partition coefficient (Wildman–Crippen LogP) is 1.43. The average molecular weight is 437 g/mol. The smallest absolute Gasteiger partial charge is 0.251 e. The Hall–Kier alpha value is -3.67. The van der Waals surface area contributed by atoms with Crippen LogP contribution in [-0.2, 0) is 20.7 Å². The number of carbonyl (C=O) groups excluding carboxylic acids is 3. The largest absolute Gasteiger partial charge is 0.372 e. The average Bonchev–Trinajstić information content (AvgIpc) is 2.82. The second kappa shape index (κ2) is 13.6. The van der Waals surface area contributed by atoms with Crippen molar-refractivity contribution in [3.05, 3.63) is 71.3 Å². The molecule has 2 aromatic rings. The Kier molecular flexibility index (Phi) is 10.5. The zero-order valence-corrected chi connectivity index (χ0v) is 17.9. The second-order valence-electron chi connectivity index (χ2n) is 6.94. The van der Waals surface area contributed by atoms with Crippen molar-refractivity contribution in [3.8, 4) is 11.8 Å². The quantitative estimate of drug-likeness (QED) is 0.255. The van der Waals surface area contributed by atoms with Gasteiger partial charge in [-0.1, -0.05) is 42.2 Å². The highest BCUT2D eigenvalue weighted by Crippen LogP contribution is 2.06. The van der Waals surface area contributed by atoms with Gasteiger partial charge in [-0.15, -0.1) is 0 Å². The molecule has 8 nitrogen and oxygen atoms in total. The zero-order chi connectivity index (χ0) is 23.2. The van der Waals surface area contributed by atoms with Crippen molar-refractivity contribution >= 4 is 17.7 Å². The number of rotatable bonds is 10. The topological polar surface area (TPSA) is 117 Å². The van der Waals surface area contributed by atoms with Crippen molar-refractivity contribution in [3.63, 3.8) is 0 Å². The number of benzene rings is 2. The van der Waals surface area contributed by atoms with Crippen molar-refractivity contribution < 1.29 is 24.3 Å². The normalized spacial score (nSPS) is 10.9. The standard InChI is InChI=1S/C24H27N3O5/c1-32-17-5-8-19-9-11-20(12-10-19)23(29)26-21(13-14-22(28)27-31)24(30)25-16-15-18-6-3-2-4-7-18/h2-4,6-7,9-12,21,31H,13-17H2,1H3,(H,25,30)(H,26,29)(H,27,28)/t21-/m0/s1. The fraction of sp³-hybridized carbons (Fsp3) is 0.292. The van der Waals surface area contributed by atoms with Gasteiger partial charge in [0, 0.05) is 31.2 Å². The summed E-state index contributed by atoms with van der Waals surface area (Å²) in [6.45, 7) is 0.695. The van der Waals surface area contributed by atoms with E-state index in [4.69, 9.17) is 9.94 Å². The molecule has 0 saturated heterocycles. The molecule has 0 radical (unpaired) electrons. The summed E-state index contributed by atoms with van der Waals surface area (Å²) in [5.74, 6) is 4.25. The van der Waals surface area contributed by atoms with Gasteiger partial charge in [-0.05, 0) is 42.7 Å². The van der Waals surface area contributed by atoms with E-state index in [0.717, 1.165) is 11.1 Å². The Labute approximate surface area is 187 Å². The van der Waals surface area contributed by atoms with Crippen molar-refractivity contribution in [1.29, 1.82) is 0 Å². The summed E-state index contributed by atoms with van der Waals surface area (Å²) in [5, 5.41) is 14.2. The van der Waals surface area contributed by atoms with Gasteiger partial charge in [0.2, 0.25) is 11.8 Å². The van der Waals surface area contributed by atoms with Crippen LogP contribution in [0, 0.1) is 11.8 Å². The first kappa shape index (κ1) is 24.6. The lowest BCUT2D eigenvalue weighted by Gasteiger charge is -2.18. The van der Waals surface area contributed by atoms with Crippen molar-refractivity contribution in [2.24, 2.45) is 0 Å². The van der Waals surface area contributed by atoms with Crippen molar-refractivity contribution in [1.82, 2.24) is 16.1 Å². The van der Waals surface area contributed by atoms with Crippen LogP contribution in [0.5, 0.6) is 0 Å². The Bertz CT molecular complexity index is 949. The van der Waals surface area contributed by atoms with Crippen LogP contribution in [0.25, 0.3) is 0 Å². The Morgan fingerprint density at radius 3 is 2.44 bits per heavy atom. The van der Waals surface area contributed by atoms with E-state index in [9.17, 15) is 14.4 Å². The van der Waals surface area contributed by atoms with E-state index in [2.05, 4.69) is 22.5 Å². The van der Waals surface area contributed by atoms with Gasteiger partial charge in [-0.25, -0.2) is 5.48 Å². The summed E-state index contributed by atoms with van der Waals surface area (Å²) >= 11 is 0. The molecule has 0 heterocycles. The summed E-state index contributed by atoms with van der Waals surface area (Å²) in [7, 11) is 1.56. The van der Waals surface area contributed by atoms with E-state index in [1.165, 1.54) is 5.48 Å². The minimum absolute atomic E-state index is 0.0376. The lowest BCUT2D eigenvalue weighted by molar-refractivity contribution is -0.129. The SMILES string of the molecule is COCC#Cc1ccc(C(=O)N[C@@H](CCC(=O)NO)C(=O)NCCc2ccccc2)cc1. The molecule has 2 rings (SSSR count). The van der Waals surface area contributed by atoms with Crippen LogP contribution in [-0.4, -0.2) is 49.2 Å². The number of methoxy groups -OCH3 is 1. The number of hydrogen-bond donors (Lipinski definition) is 4. The van der Waals surface area contributed by atoms with Crippen LogP contribution in [0.3, 0.4) is 0 Å². The van der Waals surface area contributed by atoms with Crippen LogP contribution in [0.2, 0.25) is 0 Å². The molecule has 0 unspecified atom stereocenters. The highest BCUT2D eigenvalue weighted by atomic mass is 16.5. The molecule has 0 aliphatic carbocycles. The van der Waals surface area contributed by atoms with E-state index in [1.54, 1.807) is 31.4 Å². The molecule has 0 aromatic heterocycles. The minimum Gasteiger partial charge on any atom is -0.372 e. The third-order valence-corrected chi connectivity index (χ3v) is 4.56. The molecule has 3 amide bonds. The fourth-order valence-electron chi connectivity index (χ4n) is 2.85. The molecular formula is C24H27N3O5. The van der Waals surface area contributed by atoms with Crippen LogP contribution >= 0.6 is 0 Å². The van der Waals surface area contributed by atoms with Crippen molar-refractivity contribution in [2.45, 2.75) is 25.3 Å². The van der Waals surface area contributed by atoms with Crippen molar-refractivity contribution in [2.75, 3.05) is 20.3 Å². The fourth-order valence-corrected chi connectivity index (χ4v) is 2.85. The lowest BCUT2D eigenvalue weighted by atomic mass is 10.1. The number of carbonyl (C=O) groups is 3. The second-order valence-corrected chi connectivity index (χ2v) is 6.94. The van der Waals surface area contributed by atoms with E-state index >= 15 is 0 Å². The predicted molar refractivity (Wildman–Crippen MR) is 119 cm³/mol. The Morgan fingerprint density at radius 2 is 1.78 bits per heavy atom. The maximum atomic E-state index is 12.7. The molecule has 0 saturated carbocycles. The third kappa shape index (κ3) is 8.60. The molecule has 8 heteroatoms. The molecular weight excluding hydrogens is 410 g/mol. The molecule has 2 aromatic carbocycles. The summed E-state index contributed by atoms with van der Waals surface area (Å²) in [4.78, 5) is 36.7. The molecule has 0 fully saturated rings. The number of amides is 3. The van der Waals surface area contributed by atoms with Gasteiger partial charge in [0.05, 0.1) is 0 Å². The maximum absolute atomic E-state index is 12.7. The van der Waals surface area contributed by atoms with E-state index in [1.807, 2.05) is 30.3 Å². The van der Waals surface area contributed by atoms with Crippen LogP contribution in [0.15, 0.2) is 54.6 Å². The summed E-state index contributed by atoms with van der Waals surface area (Å²) in [6, 6.07) is 15.4. The molecule has 0 spiro atoms. The minimum atomic E-state index is -0.934. The highest BCUT2D eigenvalue weighted by molar-refractivity contribution is 5.97. The molecule has 0 aliphatic heterocycles. The molecule has 0 bridgehead atoms. The van der Waals surface area contributed by atoms with Gasteiger partial charge in [0.1, 0.15) is 12.6 Å². The molecule has 32 heavy (non-hydrogen) atoms. The summed E-state index contributed by atoms with van der Waals surface area (Å²) in [5.41, 5.74) is 3.69. The summed E-state index contributed by atoms with van der Waals surface area (Å²) in [6.07, 6.45) is 0.549. The van der Waals surface area contributed by atoms with Gasteiger partial charge in [-0.2, -0.15) is 0 Å². The lowest BCUT2D eigenvalue weighted by Crippen LogP contribution is -2.47. The van der Waals surface area contributed by atoms with Crippen LogP contribution in [0.1, 0.15) is 34.3 Å². The number of ether oxygens (including phenoxy) is 1.